The van der Waals surface area contributed by atoms with Gasteiger partial charge in [-0.1, -0.05) is 42.5 Å². The lowest BCUT2D eigenvalue weighted by Gasteiger charge is -2.15. The van der Waals surface area contributed by atoms with Gasteiger partial charge in [0.1, 0.15) is 6.04 Å². The van der Waals surface area contributed by atoms with Crippen LogP contribution in [-0.2, 0) is 11.2 Å². The summed E-state index contributed by atoms with van der Waals surface area (Å²) >= 11 is 0. The summed E-state index contributed by atoms with van der Waals surface area (Å²) in [5, 5.41) is 22.8. The molecule has 3 aromatic carbocycles. The van der Waals surface area contributed by atoms with Gasteiger partial charge in [0.05, 0.1) is 5.56 Å². The lowest BCUT2D eigenvalue weighted by Crippen LogP contribution is -2.42. The summed E-state index contributed by atoms with van der Waals surface area (Å²) < 4.78 is 0. The maximum atomic E-state index is 12.5. The van der Waals surface area contributed by atoms with Gasteiger partial charge in [0.25, 0.3) is 5.91 Å². The minimum Gasteiger partial charge on any atom is -0.480 e. The maximum absolute atomic E-state index is 12.5. The number of hydrogen-bond donors (Lipinski definition) is 3. The predicted molar refractivity (Wildman–Crippen MR) is 99.9 cm³/mol. The molecule has 0 aliphatic carbocycles. The molecule has 0 aliphatic rings. The van der Waals surface area contributed by atoms with Crippen LogP contribution < -0.4 is 5.32 Å². The highest BCUT2D eigenvalue weighted by molar-refractivity contribution is 6.00. The van der Waals surface area contributed by atoms with E-state index < -0.39 is 23.9 Å². The normalized spacial score (nSPS) is 11.7. The third-order valence-corrected chi connectivity index (χ3v) is 4.26. The van der Waals surface area contributed by atoms with Crippen molar-refractivity contribution in [3.05, 3.63) is 83.4 Å². The van der Waals surface area contributed by atoms with Crippen molar-refractivity contribution in [3.8, 4) is 0 Å². The number of carboxylic acids is 2. The van der Waals surface area contributed by atoms with Crippen molar-refractivity contribution in [1.29, 1.82) is 0 Å². The number of rotatable bonds is 6. The van der Waals surface area contributed by atoms with Gasteiger partial charge >= 0.3 is 11.9 Å². The van der Waals surface area contributed by atoms with Crippen LogP contribution in [0.25, 0.3) is 10.8 Å². The standard InChI is InChI=1S/C21H17NO5/c23-19(17-10-9-14-3-1-2-4-16(14)12-17)22-18(21(26)27)11-13-5-7-15(8-6-13)20(24)25/h1-10,12,18H,11H2,(H,22,23)(H,24,25)(H,26,27)/t18-/m0/s1. The van der Waals surface area contributed by atoms with Gasteiger partial charge in [-0.05, 0) is 40.6 Å². The largest absolute Gasteiger partial charge is 0.480 e. The van der Waals surface area contributed by atoms with Gasteiger partial charge in [0.15, 0.2) is 0 Å². The summed E-state index contributed by atoms with van der Waals surface area (Å²) in [5.74, 6) is -2.69. The molecular weight excluding hydrogens is 346 g/mol. The van der Waals surface area contributed by atoms with Gasteiger partial charge in [-0.25, -0.2) is 9.59 Å². The van der Waals surface area contributed by atoms with Gasteiger partial charge < -0.3 is 15.5 Å². The Bertz CT molecular complexity index is 1010. The molecule has 0 saturated heterocycles. The highest BCUT2D eigenvalue weighted by Gasteiger charge is 2.21. The summed E-state index contributed by atoms with van der Waals surface area (Å²) in [6.45, 7) is 0. The Labute approximate surface area is 155 Å². The Morgan fingerprint density at radius 3 is 2.07 bits per heavy atom. The number of hydrogen-bond acceptors (Lipinski definition) is 3. The molecule has 0 fully saturated rings. The average Bonchev–Trinajstić information content (AvgIpc) is 2.67. The third kappa shape index (κ3) is 4.30. The number of amides is 1. The van der Waals surface area contributed by atoms with E-state index in [1.807, 2.05) is 30.3 Å². The van der Waals surface area contributed by atoms with Crippen LogP contribution in [0.4, 0.5) is 0 Å². The van der Waals surface area contributed by atoms with Gasteiger partial charge in [0, 0.05) is 12.0 Å². The van der Waals surface area contributed by atoms with Crippen molar-refractivity contribution < 1.29 is 24.6 Å². The zero-order valence-corrected chi connectivity index (χ0v) is 14.3. The van der Waals surface area contributed by atoms with Crippen LogP contribution >= 0.6 is 0 Å². The Morgan fingerprint density at radius 1 is 0.815 bits per heavy atom. The van der Waals surface area contributed by atoms with E-state index in [0.29, 0.717) is 11.1 Å². The number of benzene rings is 3. The quantitative estimate of drug-likeness (QED) is 0.625. The maximum Gasteiger partial charge on any atom is 0.335 e. The number of aromatic carboxylic acids is 1. The molecule has 0 heterocycles. The van der Waals surface area contributed by atoms with Crippen molar-refractivity contribution in [3.63, 3.8) is 0 Å². The second-order valence-corrected chi connectivity index (χ2v) is 6.13. The molecule has 1 amide bonds. The number of carboxylic acid groups (broad SMARTS) is 2. The first-order valence-electron chi connectivity index (χ1n) is 8.29. The second kappa shape index (κ2) is 7.70. The smallest absolute Gasteiger partial charge is 0.335 e. The number of fused-ring (bicyclic) bond motifs is 1. The first kappa shape index (κ1) is 18.1. The lowest BCUT2D eigenvalue weighted by atomic mass is 10.0. The second-order valence-electron chi connectivity index (χ2n) is 6.13. The fourth-order valence-electron chi connectivity index (χ4n) is 2.79. The zero-order chi connectivity index (χ0) is 19.4. The fourth-order valence-corrected chi connectivity index (χ4v) is 2.79. The number of nitrogens with one attached hydrogen (secondary N) is 1. The minimum absolute atomic E-state index is 0.0502. The van der Waals surface area contributed by atoms with E-state index in [1.165, 1.54) is 12.1 Å². The first-order chi connectivity index (χ1) is 12.9. The van der Waals surface area contributed by atoms with Crippen molar-refractivity contribution >= 4 is 28.6 Å². The molecule has 6 nitrogen and oxygen atoms in total. The molecule has 3 aromatic rings. The molecule has 1 atom stereocenters. The van der Waals surface area contributed by atoms with E-state index in [1.54, 1.807) is 24.3 Å². The fraction of sp³-hybridized carbons (Fsp3) is 0.0952. The summed E-state index contributed by atoms with van der Waals surface area (Å²) in [7, 11) is 0. The molecule has 0 aromatic heterocycles. The molecule has 0 saturated carbocycles. The molecule has 6 heteroatoms. The van der Waals surface area contributed by atoms with Gasteiger partial charge in [-0.15, -0.1) is 0 Å². The van der Waals surface area contributed by atoms with E-state index in [4.69, 9.17) is 5.11 Å². The van der Waals surface area contributed by atoms with E-state index in [9.17, 15) is 19.5 Å². The molecule has 0 radical (unpaired) electrons. The van der Waals surface area contributed by atoms with Gasteiger partial charge in [0.2, 0.25) is 0 Å². The van der Waals surface area contributed by atoms with Crippen LogP contribution in [-0.4, -0.2) is 34.1 Å². The predicted octanol–water partition coefficient (Wildman–Crippen LogP) is 2.96. The summed E-state index contributed by atoms with van der Waals surface area (Å²) in [6, 6.07) is 17.5. The number of carbonyl (C=O) groups excluding carboxylic acids is 1. The molecular formula is C21H17NO5. The Kier molecular flexibility index (Phi) is 5.17. The average molecular weight is 363 g/mol. The van der Waals surface area contributed by atoms with Crippen molar-refractivity contribution in [1.82, 2.24) is 5.32 Å². The van der Waals surface area contributed by atoms with Gasteiger partial charge in [-0.3, -0.25) is 4.79 Å². The Hall–Kier alpha value is -3.67. The van der Waals surface area contributed by atoms with Crippen LogP contribution in [0.2, 0.25) is 0 Å². The summed E-state index contributed by atoms with van der Waals surface area (Å²) in [6.07, 6.45) is 0.0502. The monoisotopic (exact) mass is 363 g/mol. The molecule has 27 heavy (non-hydrogen) atoms. The Morgan fingerprint density at radius 2 is 1.44 bits per heavy atom. The SMILES string of the molecule is O=C(O)c1ccc(C[C@H](NC(=O)c2ccc3ccccc3c2)C(=O)O)cc1. The molecule has 0 aliphatic heterocycles. The van der Waals surface area contributed by atoms with Crippen LogP contribution in [0.3, 0.4) is 0 Å². The highest BCUT2D eigenvalue weighted by Crippen LogP contribution is 2.16. The lowest BCUT2D eigenvalue weighted by molar-refractivity contribution is -0.139. The van der Waals surface area contributed by atoms with Crippen LogP contribution in [0.15, 0.2) is 66.7 Å². The first-order valence-corrected chi connectivity index (χ1v) is 8.29. The molecule has 3 N–H and O–H groups in total. The summed E-state index contributed by atoms with van der Waals surface area (Å²) in [4.78, 5) is 34.9. The topological polar surface area (TPSA) is 104 Å². The third-order valence-electron chi connectivity index (χ3n) is 4.26. The van der Waals surface area contributed by atoms with Crippen LogP contribution in [0, 0.1) is 0 Å². The molecule has 0 unspecified atom stereocenters. The van der Waals surface area contributed by atoms with Crippen LogP contribution in [0.1, 0.15) is 26.3 Å². The molecule has 0 bridgehead atoms. The van der Waals surface area contributed by atoms with Gasteiger partial charge in [-0.2, -0.15) is 0 Å². The molecule has 136 valence electrons. The highest BCUT2D eigenvalue weighted by atomic mass is 16.4. The van der Waals surface area contributed by atoms with E-state index in [2.05, 4.69) is 5.32 Å². The van der Waals surface area contributed by atoms with Crippen molar-refractivity contribution in [2.45, 2.75) is 12.5 Å². The Balaban J connectivity index is 1.75. The number of carbonyl (C=O) groups is 3. The minimum atomic E-state index is -1.16. The van der Waals surface area contributed by atoms with Crippen molar-refractivity contribution in [2.75, 3.05) is 0 Å². The summed E-state index contributed by atoms with van der Waals surface area (Å²) in [5.41, 5.74) is 1.11. The molecule has 0 spiro atoms. The number of aliphatic carboxylic acids is 1. The van der Waals surface area contributed by atoms with E-state index in [0.717, 1.165) is 10.8 Å². The van der Waals surface area contributed by atoms with Crippen LogP contribution in [0.5, 0.6) is 0 Å². The van der Waals surface area contributed by atoms with Crippen molar-refractivity contribution in [2.24, 2.45) is 0 Å². The van der Waals surface area contributed by atoms with E-state index >= 15 is 0 Å². The zero-order valence-electron chi connectivity index (χ0n) is 14.3. The molecule has 3 rings (SSSR count). The van der Waals surface area contributed by atoms with E-state index in [-0.39, 0.29) is 12.0 Å².